The minimum absolute atomic E-state index is 0.00749. The van der Waals surface area contributed by atoms with E-state index in [0.717, 1.165) is 16.7 Å². The van der Waals surface area contributed by atoms with Crippen LogP contribution in [0.2, 0.25) is 0 Å². The predicted molar refractivity (Wildman–Crippen MR) is 114 cm³/mol. The zero-order valence-electron chi connectivity index (χ0n) is 18.1. The third-order valence-electron chi connectivity index (χ3n) is 5.24. The molecule has 0 unspecified atom stereocenters. The molecule has 0 aliphatic heterocycles. The number of carbonyl (C=O) groups excluding carboxylic acids is 1. The first-order valence-corrected chi connectivity index (χ1v) is 10.1. The number of fused-ring (bicyclic) bond motifs is 1. The molecule has 0 radical (unpaired) electrons. The van der Waals surface area contributed by atoms with Gasteiger partial charge in [-0.15, -0.1) is 0 Å². The van der Waals surface area contributed by atoms with Crippen molar-refractivity contribution in [2.24, 2.45) is 14.1 Å². The number of hydrogen-bond donors (Lipinski definition) is 0. The highest BCUT2D eigenvalue weighted by Crippen LogP contribution is 2.32. The Bertz CT molecular complexity index is 1490. The van der Waals surface area contributed by atoms with Crippen molar-refractivity contribution in [2.75, 3.05) is 6.61 Å². The third kappa shape index (κ3) is 4.26. The second kappa shape index (κ2) is 8.69. The van der Waals surface area contributed by atoms with Gasteiger partial charge in [0, 0.05) is 26.2 Å². The number of ether oxygens (including phenoxy) is 1. The minimum Gasteiger partial charge on any atom is -0.460 e. The molecule has 12 heteroatoms. The number of carbonyl (C=O) groups is 1. The van der Waals surface area contributed by atoms with Gasteiger partial charge >= 0.3 is 17.8 Å². The summed E-state index contributed by atoms with van der Waals surface area (Å²) in [6.45, 7) is -0.106. The Balaban J connectivity index is 1.41. The molecule has 0 saturated heterocycles. The van der Waals surface area contributed by atoms with Crippen molar-refractivity contribution >= 4 is 17.1 Å². The van der Waals surface area contributed by atoms with Crippen molar-refractivity contribution in [1.29, 1.82) is 0 Å². The van der Waals surface area contributed by atoms with Crippen LogP contribution in [0.25, 0.3) is 22.5 Å². The van der Waals surface area contributed by atoms with Crippen molar-refractivity contribution in [3.05, 3.63) is 74.9 Å². The summed E-state index contributed by atoms with van der Waals surface area (Å²) >= 11 is 0. The van der Waals surface area contributed by atoms with Crippen molar-refractivity contribution in [1.82, 2.24) is 18.7 Å². The molecule has 3 heterocycles. The maximum atomic E-state index is 12.9. The van der Waals surface area contributed by atoms with Crippen LogP contribution in [0, 0.1) is 0 Å². The summed E-state index contributed by atoms with van der Waals surface area (Å²) in [4.78, 5) is 41.4. The van der Waals surface area contributed by atoms with E-state index < -0.39 is 29.0 Å². The summed E-state index contributed by atoms with van der Waals surface area (Å²) in [5.74, 6) is -0.921. The van der Waals surface area contributed by atoms with Gasteiger partial charge in [0.2, 0.25) is 5.76 Å². The number of imidazole rings is 1. The molecule has 0 N–H and O–H groups in total. The van der Waals surface area contributed by atoms with E-state index in [1.807, 2.05) is 0 Å². The Hall–Kier alpha value is -4.09. The molecule has 0 aliphatic rings. The van der Waals surface area contributed by atoms with E-state index in [1.54, 1.807) is 7.05 Å². The predicted octanol–water partition coefficient (Wildman–Crippen LogP) is 2.96. The monoisotopic (exact) mass is 476 g/mol. The number of nitrogens with zero attached hydrogens (tertiary/aromatic N) is 4. The summed E-state index contributed by atoms with van der Waals surface area (Å²) in [7, 11) is 3.15. The van der Waals surface area contributed by atoms with Crippen molar-refractivity contribution < 1.29 is 27.1 Å². The van der Waals surface area contributed by atoms with Crippen LogP contribution in [0.5, 0.6) is 0 Å². The first kappa shape index (κ1) is 23.1. The molecule has 0 fully saturated rings. The first-order valence-electron chi connectivity index (χ1n) is 10.1. The highest BCUT2D eigenvalue weighted by atomic mass is 19.4. The normalized spacial score (nSPS) is 11.8. The first-order chi connectivity index (χ1) is 16.1. The number of hydrogen-bond acceptors (Lipinski definition) is 6. The topological polar surface area (TPSA) is 101 Å². The van der Waals surface area contributed by atoms with E-state index in [0.29, 0.717) is 0 Å². The number of rotatable bonds is 6. The molecule has 4 aromatic rings. The van der Waals surface area contributed by atoms with Crippen LogP contribution >= 0.6 is 0 Å². The molecule has 0 aliphatic carbocycles. The quantitative estimate of drug-likeness (QED) is 0.313. The van der Waals surface area contributed by atoms with Crippen LogP contribution in [0.3, 0.4) is 0 Å². The Morgan fingerprint density at radius 3 is 2.65 bits per heavy atom. The number of esters is 1. The lowest BCUT2D eigenvalue weighted by molar-refractivity contribution is -0.137. The lowest BCUT2D eigenvalue weighted by Crippen LogP contribution is -2.39. The maximum absolute atomic E-state index is 12.9. The van der Waals surface area contributed by atoms with E-state index in [9.17, 15) is 27.6 Å². The van der Waals surface area contributed by atoms with E-state index >= 15 is 0 Å². The van der Waals surface area contributed by atoms with Gasteiger partial charge in [-0.3, -0.25) is 13.9 Å². The average molecular weight is 476 g/mol. The van der Waals surface area contributed by atoms with Crippen molar-refractivity contribution in [2.45, 2.75) is 19.1 Å². The molecular formula is C22H19F3N4O5. The highest BCUT2D eigenvalue weighted by molar-refractivity contribution is 5.87. The fraction of sp³-hybridized carbons (Fsp3) is 0.273. The van der Waals surface area contributed by atoms with Gasteiger partial charge in [0.05, 0.1) is 18.5 Å². The zero-order valence-corrected chi connectivity index (χ0v) is 18.1. The van der Waals surface area contributed by atoms with E-state index in [1.165, 1.54) is 46.8 Å². The largest absolute Gasteiger partial charge is 0.460 e. The molecule has 0 bridgehead atoms. The van der Waals surface area contributed by atoms with E-state index in [4.69, 9.17) is 9.15 Å². The van der Waals surface area contributed by atoms with Gasteiger partial charge in [-0.05, 0) is 30.7 Å². The van der Waals surface area contributed by atoms with Gasteiger partial charge < -0.3 is 13.7 Å². The number of aryl methyl sites for hydroxylation is 2. The van der Waals surface area contributed by atoms with Crippen LogP contribution in [0.1, 0.15) is 22.5 Å². The number of aromatic nitrogens is 4. The second-order valence-corrected chi connectivity index (χ2v) is 7.56. The summed E-state index contributed by atoms with van der Waals surface area (Å²) in [6.07, 6.45) is -2.89. The number of alkyl halides is 3. The third-order valence-corrected chi connectivity index (χ3v) is 5.24. The van der Waals surface area contributed by atoms with Crippen LogP contribution in [-0.4, -0.2) is 31.3 Å². The summed E-state index contributed by atoms with van der Waals surface area (Å²) < 4.78 is 53.1. The molecular weight excluding hydrogens is 457 g/mol. The molecule has 0 saturated carbocycles. The maximum Gasteiger partial charge on any atom is 0.416 e. The Labute approximate surface area is 189 Å². The summed E-state index contributed by atoms with van der Waals surface area (Å²) in [5.41, 5.74) is -1.17. The smallest absolute Gasteiger partial charge is 0.416 e. The number of benzene rings is 1. The fourth-order valence-electron chi connectivity index (χ4n) is 3.50. The minimum atomic E-state index is -4.51. The molecule has 178 valence electrons. The van der Waals surface area contributed by atoms with E-state index in [2.05, 4.69) is 4.98 Å². The fourth-order valence-corrected chi connectivity index (χ4v) is 3.50. The van der Waals surface area contributed by atoms with Gasteiger partial charge in [0.1, 0.15) is 5.76 Å². The lowest BCUT2D eigenvalue weighted by atomic mass is 10.1. The second-order valence-electron chi connectivity index (χ2n) is 7.56. The van der Waals surface area contributed by atoms with Gasteiger partial charge in [-0.25, -0.2) is 14.6 Å². The summed E-state index contributed by atoms with van der Waals surface area (Å²) in [5, 5.41) is 0. The van der Waals surface area contributed by atoms with Crippen molar-refractivity contribution in [3.63, 3.8) is 0 Å². The SMILES string of the molecule is Cn1cnc2c1c(=O)n(CCCOC(=O)c1ccc(-c3cccc(C(F)(F)F)c3)o1)c(=O)n2C. The Kier molecular flexibility index (Phi) is 5.90. The number of halogens is 3. The Morgan fingerprint density at radius 1 is 1.15 bits per heavy atom. The summed E-state index contributed by atoms with van der Waals surface area (Å²) in [6, 6.07) is 7.21. The molecule has 3 aromatic heterocycles. The molecule has 1 aromatic carbocycles. The Morgan fingerprint density at radius 2 is 1.91 bits per heavy atom. The van der Waals surface area contributed by atoms with Crippen molar-refractivity contribution in [3.8, 4) is 11.3 Å². The van der Waals surface area contributed by atoms with Crippen LogP contribution in [0.15, 0.2) is 56.7 Å². The molecule has 9 nitrogen and oxygen atoms in total. The standard InChI is InChI=1S/C22H19F3N4O5/c1-27-12-26-18-17(27)19(30)29(21(32)28(18)2)9-4-10-33-20(31)16-8-7-15(34-16)13-5-3-6-14(11-13)22(23,24)25/h3,5-8,11-12H,4,9-10H2,1-2H3. The van der Waals surface area contributed by atoms with Gasteiger partial charge in [0.25, 0.3) is 5.56 Å². The van der Waals surface area contributed by atoms with Gasteiger partial charge in [-0.2, -0.15) is 13.2 Å². The van der Waals surface area contributed by atoms with Crippen LogP contribution in [0.4, 0.5) is 13.2 Å². The van der Waals surface area contributed by atoms with Gasteiger partial charge in [-0.1, -0.05) is 12.1 Å². The molecule has 4 rings (SSSR count). The van der Waals surface area contributed by atoms with Gasteiger partial charge in [0.15, 0.2) is 11.2 Å². The zero-order chi connectivity index (χ0) is 24.6. The average Bonchev–Trinajstić information content (AvgIpc) is 3.44. The van der Waals surface area contributed by atoms with Crippen LogP contribution in [-0.2, 0) is 31.6 Å². The molecule has 34 heavy (non-hydrogen) atoms. The van der Waals surface area contributed by atoms with E-state index in [-0.39, 0.29) is 47.8 Å². The molecule has 0 amide bonds. The molecule has 0 spiro atoms. The highest BCUT2D eigenvalue weighted by Gasteiger charge is 2.30. The molecule has 0 atom stereocenters. The van der Waals surface area contributed by atoms with Crippen LogP contribution < -0.4 is 11.2 Å². The number of furan rings is 1. The lowest BCUT2D eigenvalue weighted by Gasteiger charge is -2.09.